The number of hydrogen-bond acceptors (Lipinski definition) is 7. The van der Waals surface area contributed by atoms with E-state index < -0.39 is 17.0 Å². The molecule has 9 unspecified atom stereocenters. The number of nitrogens with one attached hydrogen (secondary N) is 1. The summed E-state index contributed by atoms with van der Waals surface area (Å²) >= 11 is 0. The third-order valence-electron chi connectivity index (χ3n) is 14.1. The second kappa shape index (κ2) is 12.9. The molecular weight excluding hydrogens is 590 g/mol. The zero-order valence-electron chi connectivity index (χ0n) is 28.5. The lowest BCUT2D eigenvalue weighted by atomic mass is 9.44. The fourth-order valence-electron chi connectivity index (χ4n) is 11.7. The van der Waals surface area contributed by atoms with Gasteiger partial charge < -0.3 is 34.5 Å². The summed E-state index contributed by atoms with van der Waals surface area (Å²) in [6.07, 6.45) is 16.1. The van der Waals surface area contributed by atoms with Crippen molar-refractivity contribution >= 4 is 5.69 Å². The Kier molecular flexibility index (Phi) is 8.93. The van der Waals surface area contributed by atoms with Crippen molar-refractivity contribution in [2.24, 2.45) is 29.1 Å². The Morgan fingerprint density at radius 3 is 2.38 bits per heavy atom. The van der Waals surface area contributed by atoms with Gasteiger partial charge in [0, 0.05) is 36.6 Å². The number of benzene rings is 1. The van der Waals surface area contributed by atoms with E-state index in [0.717, 1.165) is 64.4 Å². The number of hydrogen-bond donors (Lipinski definition) is 3. The summed E-state index contributed by atoms with van der Waals surface area (Å²) in [5.41, 5.74) is 0.362. The maximum atomic E-state index is 12.4. The van der Waals surface area contributed by atoms with E-state index in [4.69, 9.17) is 18.9 Å². The van der Waals surface area contributed by atoms with Crippen LogP contribution in [0.4, 0.5) is 5.69 Å². The van der Waals surface area contributed by atoms with E-state index in [9.17, 15) is 10.2 Å². The maximum Gasteiger partial charge on any atom is 0.171 e. The van der Waals surface area contributed by atoms with Crippen molar-refractivity contribution in [3.05, 3.63) is 29.8 Å². The zero-order chi connectivity index (χ0) is 32.1. The van der Waals surface area contributed by atoms with Gasteiger partial charge in [-0.15, -0.1) is 0 Å². The van der Waals surface area contributed by atoms with Gasteiger partial charge in [-0.2, -0.15) is 0 Å². The van der Waals surface area contributed by atoms with E-state index in [1.165, 1.54) is 43.4 Å². The second-order valence-corrected chi connectivity index (χ2v) is 16.6. The van der Waals surface area contributed by atoms with Crippen molar-refractivity contribution in [1.29, 1.82) is 0 Å². The first-order chi connectivity index (χ1) is 22.8. The average molecular weight is 648 g/mol. The molecular formula is C40H57NO6. The largest absolute Gasteiger partial charge is 0.389 e. The van der Waals surface area contributed by atoms with Crippen molar-refractivity contribution in [2.75, 3.05) is 31.7 Å². The molecule has 2 aliphatic heterocycles. The molecule has 47 heavy (non-hydrogen) atoms. The summed E-state index contributed by atoms with van der Waals surface area (Å²) < 4.78 is 24.0. The Morgan fingerprint density at radius 2 is 1.62 bits per heavy atom. The summed E-state index contributed by atoms with van der Waals surface area (Å²) in [7, 11) is 0. The van der Waals surface area contributed by atoms with Gasteiger partial charge >= 0.3 is 0 Å². The molecule has 5 saturated carbocycles. The topological polar surface area (TPSA) is 89.4 Å². The van der Waals surface area contributed by atoms with Crippen LogP contribution in [0.1, 0.15) is 121 Å². The summed E-state index contributed by atoms with van der Waals surface area (Å²) in [5, 5.41) is 28.7. The van der Waals surface area contributed by atoms with Crippen LogP contribution in [-0.4, -0.2) is 66.0 Å². The van der Waals surface area contributed by atoms with Crippen molar-refractivity contribution in [3.8, 4) is 11.8 Å². The van der Waals surface area contributed by atoms with Crippen LogP contribution in [0, 0.1) is 40.9 Å². The third kappa shape index (κ3) is 5.97. The van der Waals surface area contributed by atoms with Crippen LogP contribution in [0.5, 0.6) is 0 Å². The Bertz CT molecular complexity index is 1310. The summed E-state index contributed by atoms with van der Waals surface area (Å²) in [6, 6.07) is 9.82. The minimum absolute atomic E-state index is 0.175. The number of ether oxygens (including phenoxy) is 4. The van der Waals surface area contributed by atoms with Crippen LogP contribution in [0.15, 0.2) is 24.3 Å². The second-order valence-electron chi connectivity index (χ2n) is 16.6. The molecule has 1 spiro atoms. The molecule has 8 rings (SSSR count). The Morgan fingerprint density at radius 1 is 0.851 bits per heavy atom. The highest BCUT2D eigenvalue weighted by atomic mass is 16.7. The highest BCUT2D eigenvalue weighted by Gasteiger charge is 2.67. The van der Waals surface area contributed by atoms with Crippen molar-refractivity contribution < 1.29 is 29.2 Å². The molecule has 0 aromatic heterocycles. The molecule has 5 aliphatic carbocycles. The fourth-order valence-corrected chi connectivity index (χ4v) is 11.7. The van der Waals surface area contributed by atoms with E-state index in [1.54, 1.807) is 0 Å². The number of aliphatic hydroxyl groups is 2. The molecule has 9 atom stereocenters. The smallest absolute Gasteiger partial charge is 0.171 e. The highest BCUT2D eigenvalue weighted by molar-refractivity contribution is 5.47. The van der Waals surface area contributed by atoms with Crippen LogP contribution in [0.2, 0.25) is 0 Å². The van der Waals surface area contributed by atoms with Crippen molar-refractivity contribution in [3.63, 3.8) is 0 Å². The monoisotopic (exact) mass is 647 g/mol. The van der Waals surface area contributed by atoms with E-state index >= 15 is 0 Å². The van der Waals surface area contributed by atoms with Crippen LogP contribution < -0.4 is 5.32 Å². The van der Waals surface area contributed by atoms with Gasteiger partial charge in [0.15, 0.2) is 12.1 Å². The van der Waals surface area contributed by atoms with Crippen LogP contribution in [0.3, 0.4) is 0 Å². The standard InChI is InChI=1S/C40H57NO6/c1-37-26-32(28-11-13-30(14-12-28)41-29-8-3-2-4-9-29)36-31(15-19-38(42)27-40(21-17-34(36)38)46-24-25-47-40)33(37)16-20-39(37,43)18-7-23-45-35-10-5-6-22-44-35/h11-14,29,31-36,41-43H,2-6,8-10,15-17,19-27H2,1H3. The predicted molar refractivity (Wildman–Crippen MR) is 181 cm³/mol. The first kappa shape index (κ1) is 32.5. The minimum Gasteiger partial charge on any atom is -0.389 e. The van der Waals surface area contributed by atoms with Gasteiger partial charge in [0.1, 0.15) is 12.2 Å². The van der Waals surface area contributed by atoms with E-state index in [0.29, 0.717) is 56.5 Å². The lowest BCUT2D eigenvalue weighted by Gasteiger charge is -2.62. The molecule has 2 heterocycles. The normalized spacial score (nSPS) is 43.0. The SMILES string of the molecule is CC12CC(c3ccc(NC4CCCCC4)cc3)C3C(CCC4(O)CC5(CCC34)OCCO5)C1CCC2(O)C#CCOC1CCCCO1. The Balaban J connectivity index is 1.08. The van der Waals surface area contributed by atoms with E-state index in [2.05, 4.69) is 48.3 Å². The van der Waals surface area contributed by atoms with Gasteiger partial charge in [-0.3, -0.25) is 0 Å². The van der Waals surface area contributed by atoms with Crippen LogP contribution in [-0.2, 0) is 18.9 Å². The Labute approximate surface area is 281 Å². The van der Waals surface area contributed by atoms with Crippen molar-refractivity contribution in [1.82, 2.24) is 0 Å². The van der Waals surface area contributed by atoms with Gasteiger partial charge in [0.2, 0.25) is 0 Å². The molecule has 1 aromatic carbocycles. The molecule has 0 amide bonds. The van der Waals surface area contributed by atoms with Gasteiger partial charge in [-0.25, -0.2) is 0 Å². The maximum absolute atomic E-state index is 12.4. The van der Waals surface area contributed by atoms with Crippen LogP contribution >= 0.6 is 0 Å². The molecule has 0 bridgehead atoms. The fraction of sp³-hybridized carbons (Fsp3) is 0.800. The van der Waals surface area contributed by atoms with E-state index in [-0.39, 0.29) is 23.5 Å². The van der Waals surface area contributed by atoms with Gasteiger partial charge in [-0.1, -0.05) is 50.2 Å². The van der Waals surface area contributed by atoms with Gasteiger partial charge in [0.25, 0.3) is 0 Å². The number of anilines is 1. The number of rotatable bonds is 5. The lowest BCUT2D eigenvalue weighted by Crippen LogP contribution is -2.62. The molecule has 7 heteroatoms. The van der Waals surface area contributed by atoms with Gasteiger partial charge in [-0.05, 0) is 118 Å². The first-order valence-corrected chi connectivity index (χ1v) is 19.1. The zero-order valence-corrected chi connectivity index (χ0v) is 28.5. The molecule has 2 saturated heterocycles. The molecule has 3 N–H and O–H groups in total. The van der Waals surface area contributed by atoms with E-state index in [1.807, 2.05) is 0 Å². The molecule has 1 aromatic rings. The summed E-state index contributed by atoms with van der Waals surface area (Å²) in [6.45, 7) is 4.61. The minimum atomic E-state index is -1.06. The van der Waals surface area contributed by atoms with Crippen LogP contribution in [0.25, 0.3) is 0 Å². The summed E-state index contributed by atoms with van der Waals surface area (Å²) in [4.78, 5) is 0. The molecule has 7 aliphatic rings. The average Bonchev–Trinajstić information content (AvgIpc) is 3.64. The van der Waals surface area contributed by atoms with Crippen molar-refractivity contribution in [2.45, 2.75) is 145 Å². The lowest BCUT2D eigenvalue weighted by molar-refractivity contribution is -0.259. The number of fused-ring (bicyclic) bond motifs is 5. The molecule has 258 valence electrons. The Hall–Kier alpha value is -1.66. The summed E-state index contributed by atoms with van der Waals surface area (Å²) in [5.74, 6) is 7.61. The molecule has 7 fully saturated rings. The molecule has 0 radical (unpaired) electrons. The predicted octanol–water partition coefficient (Wildman–Crippen LogP) is 6.91. The first-order valence-electron chi connectivity index (χ1n) is 19.1. The third-order valence-corrected chi connectivity index (χ3v) is 14.1. The highest BCUT2D eigenvalue weighted by Crippen LogP contribution is 2.69. The molecule has 7 nitrogen and oxygen atoms in total. The quantitative estimate of drug-likeness (QED) is 0.299. The van der Waals surface area contributed by atoms with Gasteiger partial charge in [0.05, 0.1) is 18.8 Å².